The molecule has 3 aliphatic rings. The second-order valence-electron chi connectivity index (χ2n) is 11.0. The van der Waals surface area contributed by atoms with Crippen LogP contribution in [-0.4, -0.2) is 28.5 Å². The maximum Gasteiger partial charge on any atom is 0.226 e. The maximum atomic E-state index is 13.8. The lowest BCUT2D eigenvalue weighted by Gasteiger charge is -2.53. The third-order valence-corrected chi connectivity index (χ3v) is 8.74. The van der Waals surface area contributed by atoms with E-state index in [4.69, 9.17) is 0 Å². The van der Waals surface area contributed by atoms with Gasteiger partial charge >= 0.3 is 0 Å². The monoisotopic (exact) mass is 496 g/mol. The van der Waals surface area contributed by atoms with Gasteiger partial charge in [-0.2, -0.15) is 0 Å². The maximum absolute atomic E-state index is 13.8. The summed E-state index contributed by atoms with van der Waals surface area (Å²) in [5.41, 5.74) is 0.490. The van der Waals surface area contributed by atoms with Gasteiger partial charge in [-0.15, -0.1) is 0 Å². The molecule has 1 atom stereocenters. The minimum absolute atomic E-state index is 0.00852. The van der Waals surface area contributed by atoms with Gasteiger partial charge in [-0.1, -0.05) is 91.0 Å². The molecule has 0 aromatic heterocycles. The first-order valence-electron chi connectivity index (χ1n) is 13.3. The van der Waals surface area contributed by atoms with Crippen LogP contribution in [-0.2, 0) is 21.6 Å². The van der Waals surface area contributed by atoms with Gasteiger partial charge in [0.1, 0.15) is 5.60 Å². The van der Waals surface area contributed by atoms with Crippen molar-refractivity contribution in [3.63, 3.8) is 0 Å². The predicted molar refractivity (Wildman–Crippen MR) is 145 cm³/mol. The highest BCUT2D eigenvalue weighted by atomic mass is 16.3. The molecule has 0 unspecified atom stereocenters. The highest BCUT2D eigenvalue weighted by molar-refractivity contribution is 5.84. The first-order valence-corrected chi connectivity index (χ1v) is 13.3. The minimum atomic E-state index is -1.35. The Labute approximate surface area is 219 Å². The Morgan fingerprint density at radius 2 is 1.24 bits per heavy atom. The molecule has 6 rings (SSSR count). The van der Waals surface area contributed by atoms with E-state index in [2.05, 4.69) is 10.6 Å². The van der Waals surface area contributed by atoms with Crippen molar-refractivity contribution in [3.8, 4) is 0 Å². The summed E-state index contributed by atoms with van der Waals surface area (Å²) in [4.78, 5) is 26.5. The van der Waals surface area contributed by atoms with Gasteiger partial charge in [-0.25, -0.2) is 0 Å². The van der Waals surface area contributed by atoms with E-state index >= 15 is 0 Å². The van der Waals surface area contributed by atoms with Crippen LogP contribution < -0.4 is 10.6 Å². The van der Waals surface area contributed by atoms with Gasteiger partial charge in [-0.3, -0.25) is 9.59 Å². The Kier molecular flexibility index (Phi) is 6.91. The van der Waals surface area contributed by atoms with E-state index in [0.717, 1.165) is 55.2 Å². The molecule has 3 aliphatic carbocycles. The van der Waals surface area contributed by atoms with Crippen molar-refractivity contribution in [3.05, 3.63) is 108 Å². The summed E-state index contributed by atoms with van der Waals surface area (Å²) in [6.07, 6.45) is 5.01. The van der Waals surface area contributed by atoms with Gasteiger partial charge in [-0.05, 0) is 62.1 Å². The van der Waals surface area contributed by atoms with Crippen molar-refractivity contribution in [2.45, 2.75) is 69.1 Å². The standard InChI is InChI=1S/C32H36N2O3/c1-24(32(37,26-13-7-3-8-14-26)27-15-9-4-10-16-27)33-29(36)30-17-20-31(21-18-30,22-19-30)34-28(35)23-25-11-5-2-6-12-25/h2-16,24,37H,17-23H2,1H3,(H,33,36)(H,34,35)/t24-,30?,31?/m0/s1. The zero-order valence-corrected chi connectivity index (χ0v) is 21.5. The smallest absolute Gasteiger partial charge is 0.226 e. The van der Waals surface area contributed by atoms with Crippen LogP contribution in [0.3, 0.4) is 0 Å². The van der Waals surface area contributed by atoms with Gasteiger partial charge in [0.25, 0.3) is 0 Å². The summed E-state index contributed by atoms with van der Waals surface area (Å²) in [5, 5.41) is 18.6. The number of nitrogens with one attached hydrogen (secondary N) is 2. The van der Waals surface area contributed by atoms with Crippen LogP contribution in [0.25, 0.3) is 0 Å². The minimum Gasteiger partial charge on any atom is -0.378 e. The van der Waals surface area contributed by atoms with Crippen molar-refractivity contribution in [1.29, 1.82) is 0 Å². The molecule has 192 valence electrons. The number of hydrogen-bond acceptors (Lipinski definition) is 3. The molecule has 3 saturated carbocycles. The second-order valence-corrected chi connectivity index (χ2v) is 11.0. The quantitative estimate of drug-likeness (QED) is 0.416. The molecule has 2 bridgehead atoms. The molecule has 3 aromatic carbocycles. The molecule has 5 heteroatoms. The fourth-order valence-corrected chi connectivity index (χ4v) is 6.34. The lowest BCUT2D eigenvalue weighted by atomic mass is 9.56. The van der Waals surface area contributed by atoms with Crippen LogP contribution in [0.4, 0.5) is 0 Å². The van der Waals surface area contributed by atoms with Gasteiger partial charge in [0.2, 0.25) is 11.8 Å². The molecular formula is C32H36N2O3. The normalized spacial score (nSPS) is 23.7. The Morgan fingerprint density at radius 1 is 0.784 bits per heavy atom. The van der Waals surface area contributed by atoms with E-state index in [9.17, 15) is 14.7 Å². The van der Waals surface area contributed by atoms with Crippen molar-refractivity contribution in [1.82, 2.24) is 10.6 Å². The number of hydrogen-bond donors (Lipinski definition) is 3. The van der Waals surface area contributed by atoms with Crippen LogP contribution in [0.5, 0.6) is 0 Å². The molecular weight excluding hydrogens is 460 g/mol. The molecule has 5 nitrogen and oxygen atoms in total. The lowest BCUT2D eigenvalue weighted by Crippen LogP contribution is -2.61. The fraction of sp³-hybridized carbons (Fsp3) is 0.375. The topological polar surface area (TPSA) is 78.4 Å². The van der Waals surface area contributed by atoms with Crippen LogP contribution >= 0.6 is 0 Å². The molecule has 3 fully saturated rings. The van der Waals surface area contributed by atoms with Crippen molar-refractivity contribution < 1.29 is 14.7 Å². The Balaban J connectivity index is 1.27. The summed E-state index contributed by atoms with van der Waals surface area (Å²) in [5.74, 6) is 0.0589. The van der Waals surface area contributed by atoms with E-state index < -0.39 is 17.1 Å². The Morgan fingerprint density at radius 3 is 1.73 bits per heavy atom. The third-order valence-electron chi connectivity index (χ3n) is 8.74. The number of rotatable bonds is 8. The van der Waals surface area contributed by atoms with Crippen LogP contribution in [0.2, 0.25) is 0 Å². The van der Waals surface area contributed by atoms with Crippen molar-refractivity contribution in [2.75, 3.05) is 0 Å². The zero-order valence-electron chi connectivity index (χ0n) is 21.5. The third kappa shape index (κ3) is 4.93. The second kappa shape index (κ2) is 10.1. The number of carbonyl (C=O) groups is 2. The predicted octanol–water partition coefficient (Wildman–Crippen LogP) is 4.88. The van der Waals surface area contributed by atoms with Gasteiger partial charge in [0, 0.05) is 11.0 Å². The van der Waals surface area contributed by atoms with Crippen LogP contribution in [0, 0.1) is 5.41 Å². The summed E-state index contributed by atoms with van der Waals surface area (Å²) in [6, 6.07) is 28.4. The van der Waals surface area contributed by atoms with Gasteiger partial charge < -0.3 is 15.7 Å². The molecule has 0 heterocycles. The molecule has 3 N–H and O–H groups in total. The number of benzene rings is 3. The molecule has 0 spiro atoms. The highest BCUT2D eigenvalue weighted by Gasteiger charge is 2.53. The van der Waals surface area contributed by atoms with E-state index in [1.54, 1.807) is 0 Å². The summed E-state index contributed by atoms with van der Waals surface area (Å²) >= 11 is 0. The number of amides is 2. The summed E-state index contributed by atoms with van der Waals surface area (Å²) in [7, 11) is 0. The van der Waals surface area contributed by atoms with E-state index in [0.29, 0.717) is 6.42 Å². The first-order chi connectivity index (χ1) is 17.9. The zero-order chi connectivity index (χ0) is 25.9. The van der Waals surface area contributed by atoms with Crippen molar-refractivity contribution >= 4 is 11.8 Å². The average Bonchev–Trinajstić information content (AvgIpc) is 2.94. The molecule has 0 saturated heterocycles. The summed E-state index contributed by atoms with van der Waals surface area (Å²) < 4.78 is 0. The Bertz CT molecular complexity index is 1160. The largest absolute Gasteiger partial charge is 0.378 e. The Hall–Kier alpha value is -3.44. The molecule has 3 aromatic rings. The van der Waals surface area contributed by atoms with Gasteiger partial charge in [0.15, 0.2) is 0 Å². The van der Waals surface area contributed by atoms with Crippen LogP contribution in [0.15, 0.2) is 91.0 Å². The molecule has 2 amide bonds. The SMILES string of the molecule is C[C@H](NC(=O)C12CCC(NC(=O)Cc3ccccc3)(CC1)CC2)C(O)(c1ccccc1)c1ccccc1. The van der Waals surface area contributed by atoms with E-state index in [1.807, 2.05) is 97.9 Å². The van der Waals surface area contributed by atoms with Crippen LogP contribution in [0.1, 0.15) is 62.1 Å². The van der Waals surface area contributed by atoms with E-state index in [1.165, 1.54) is 0 Å². The lowest BCUT2D eigenvalue weighted by molar-refractivity contribution is -0.141. The molecule has 0 radical (unpaired) electrons. The number of aliphatic hydroxyl groups is 1. The number of fused-ring (bicyclic) bond motifs is 3. The highest BCUT2D eigenvalue weighted by Crippen LogP contribution is 2.52. The number of carbonyl (C=O) groups excluding carboxylic acids is 2. The molecule has 37 heavy (non-hydrogen) atoms. The van der Waals surface area contributed by atoms with Crippen molar-refractivity contribution in [2.24, 2.45) is 5.41 Å². The first kappa shape index (κ1) is 25.2. The fourth-order valence-electron chi connectivity index (χ4n) is 6.34. The average molecular weight is 497 g/mol. The van der Waals surface area contributed by atoms with Gasteiger partial charge in [0.05, 0.1) is 12.5 Å². The van der Waals surface area contributed by atoms with E-state index in [-0.39, 0.29) is 17.4 Å². The summed E-state index contributed by atoms with van der Waals surface area (Å²) in [6.45, 7) is 1.88. The molecule has 0 aliphatic heterocycles.